The number of fused-ring (bicyclic) bond motifs is 14. The second-order valence-corrected chi connectivity index (χ2v) is 18.6. The molecule has 6 N–H and O–H groups in total. The van der Waals surface area contributed by atoms with Gasteiger partial charge in [-0.25, -0.2) is 0 Å². The van der Waals surface area contributed by atoms with E-state index >= 15 is 0 Å². The number of allylic oxidation sites excluding steroid dienone is 2. The Morgan fingerprint density at radius 3 is 2.19 bits per heavy atom. The summed E-state index contributed by atoms with van der Waals surface area (Å²) in [6.07, 6.45) is 4.88. The number of methoxy groups -OCH3 is 1. The molecular formula is C51H66N4O12. The summed E-state index contributed by atoms with van der Waals surface area (Å²) in [5.41, 5.74) is 0.785. The summed E-state index contributed by atoms with van der Waals surface area (Å²) >= 11 is 0. The number of aliphatic hydroxyl groups excluding tert-OH is 2. The fourth-order valence-electron chi connectivity index (χ4n) is 9.62. The van der Waals surface area contributed by atoms with Crippen molar-refractivity contribution in [2.75, 3.05) is 25.5 Å². The van der Waals surface area contributed by atoms with Gasteiger partial charge in [0, 0.05) is 80.8 Å². The molecule has 3 aromatic rings. The van der Waals surface area contributed by atoms with Crippen molar-refractivity contribution >= 4 is 40.3 Å². The second kappa shape index (κ2) is 20.5. The Labute approximate surface area is 392 Å². The van der Waals surface area contributed by atoms with E-state index in [-0.39, 0.29) is 56.6 Å². The average Bonchev–Trinajstić information content (AvgIpc) is 3.55. The third-order valence-corrected chi connectivity index (χ3v) is 13.6. The number of phenolic OH excluding ortho intramolecular Hbond substituents is 3. The fourth-order valence-corrected chi connectivity index (χ4v) is 9.62. The maximum atomic E-state index is 14.6. The minimum absolute atomic E-state index is 0.0500. The number of benzene rings is 3. The highest BCUT2D eigenvalue weighted by molar-refractivity contribution is 6.23. The molecule has 16 heteroatoms. The lowest BCUT2D eigenvalue weighted by Crippen LogP contribution is -2.54. The molecule has 7 rings (SSSR count). The van der Waals surface area contributed by atoms with Crippen LogP contribution in [0.1, 0.15) is 89.4 Å². The third-order valence-electron chi connectivity index (χ3n) is 13.6. The van der Waals surface area contributed by atoms with E-state index < -0.39 is 88.8 Å². The van der Waals surface area contributed by atoms with E-state index in [0.717, 1.165) is 6.54 Å². The summed E-state index contributed by atoms with van der Waals surface area (Å²) < 4.78 is 23.8. The van der Waals surface area contributed by atoms with Gasteiger partial charge in [0.15, 0.2) is 5.75 Å². The smallest absolute Gasteiger partial charge is 0.312 e. The molecule has 362 valence electrons. The average molecular weight is 927 g/mol. The molecule has 5 bridgehead atoms. The van der Waals surface area contributed by atoms with E-state index in [2.05, 4.69) is 22.3 Å². The first kappa shape index (κ1) is 50.5. The monoisotopic (exact) mass is 926 g/mol. The molecule has 0 aliphatic carbocycles. The number of Topliss-reactive ketones (excluding diaryl/α,β-unsaturated/α-hetero) is 1. The van der Waals surface area contributed by atoms with Crippen molar-refractivity contribution in [3.63, 3.8) is 0 Å². The van der Waals surface area contributed by atoms with Gasteiger partial charge in [-0.3, -0.25) is 24.3 Å². The van der Waals surface area contributed by atoms with E-state index in [0.29, 0.717) is 13.1 Å². The number of hydrazone groups is 1. The number of nitrogens with zero attached hydrogens (tertiary/aromatic N) is 3. The van der Waals surface area contributed by atoms with Crippen LogP contribution in [0, 0.1) is 30.6 Å². The van der Waals surface area contributed by atoms with Crippen molar-refractivity contribution in [2.24, 2.45) is 28.8 Å². The van der Waals surface area contributed by atoms with Crippen molar-refractivity contribution < 1.29 is 58.9 Å². The van der Waals surface area contributed by atoms with Crippen LogP contribution in [0.5, 0.6) is 23.0 Å². The molecule has 4 heterocycles. The van der Waals surface area contributed by atoms with Crippen LogP contribution in [0.25, 0.3) is 10.8 Å². The van der Waals surface area contributed by atoms with Crippen LogP contribution >= 0.6 is 0 Å². The Kier molecular flexibility index (Phi) is 15.5. The summed E-state index contributed by atoms with van der Waals surface area (Å²) in [5, 5.41) is 68.1. The summed E-state index contributed by atoms with van der Waals surface area (Å²) in [6.45, 7) is 18.7. The van der Waals surface area contributed by atoms with E-state index in [9.17, 15) is 39.9 Å². The highest BCUT2D eigenvalue weighted by Gasteiger charge is 2.50. The number of carbonyl (C=O) groups excluding carboxylic acids is 3. The highest BCUT2D eigenvalue weighted by Crippen LogP contribution is 2.55. The van der Waals surface area contributed by atoms with Gasteiger partial charge in [0.05, 0.1) is 65.1 Å². The molecule has 16 nitrogen and oxygen atoms in total. The zero-order valence-electron chi connectivity index (χ0n) is 40.2. The predicted molar refractivity (Wildman–Crippen MR) is 254 cm³/mol. The lowest BCUT2D eigenvalue weighted by molar-refractivity contribution is -0.160. The Hall–Kier alpha value is -5.94. The van der Waals surface area contributed by atoms with Crippen LogP contribution in [-0.4, -0.2) is 122 Å². The lowest BCUT2D eigenvalue weighted by atomic mass is 9.78. The standard InChI is InChI=1S/C51H66N4O12/c1-26-16-15-17-27(2)50(63)53-41-36(22-52-55-28(3)23-54(24-29(55)4)25-35-18-13-12-14-19-35)45(60)38-39(46(41)61)44(59)33(8)48-40(38)49(62)51(10,67-48)65-21-20-37(64-11)30(5)47(66-34(9)56)32(7)43(58)31(6)42(26)57/h12-22,26,28-32,37,42-43,47,57-61H,23-25H2,1-11H3,(H,53,63)/b16-15-,21-20-,27-17-,52-22+/t26-,28?,29?,30+,31+,32+,37-,42-,43+,47+,51-/m0/s1. The van der Waals surface area contributed by atoms with Crippen LogP contribution in [0.4, 0.5) is 5.69 Å². The summed E-state index contributed by atoms with van der Waals surface area (Å²) in [5.74, 6) is -8.46. The van der Waals surface area contributed by atoms with Crippen LogP contribution in [0.2, 0.25) is 0 Å². The van der Waals surface area contributed by atoms with Gasteiger partial charge in [-0.1, -0.05) is 76.3 Å². The van der Waals surface area contributed by atoms with Crippen molar-refractivity contribution in [1.82, 2.24) is 9.91 Å². The number of phenols is 3. The SMILES string of the molecule is CO[C@H]1/C=C\O[C@@]2(C)Oc3c(C)c(O)c4c(O)c(c(/C=N/N5C(C)CN(Cc6ccccc6)CC5C)c(O)c4c3C2=O)NC(=O)/C(C)=C\C=C/[C@H](C)[C@H](O)[C@@H](C)[C@@H](O)[C@@H](C)[C@H](OC(C)=O)[C@@H]1C. The maximum Gasteiger partial charge on any atom is 0.312 e. The molecule has 3 aromatic carbocycles. The normalized spacial score (nSPS) is 31.8. The number of anilines is 1. The van der Waals surface area contributed by atoms with Crippen molar-refractivity contribution in [1.29, 1.82) is 0 Å². The van der Waals surface area contributed by atoms with Gasteiger partial charge in [0.2, 0.25) is 0 Å². The number of nitrogens with one attached hydrogen (secondary N) is 1. The molecule has 11 atom stereocenters. The number of piperazine rings is 1. The predicted octanol–water partition coefficient (Wildman–Crippen LogP) is 6.68. The molecule has 1 saturated heterocycles. The molecule has 4 aliphatic rings. The first-order valence-corrected chi connectivity index (χ1v) is 22.8. The molecule has 0 aromatic heterocycles. The largest absolute Gasteiger partial charge is 0.507 e. The van der Waals surface area contributed by atoms with E-state index in [4.69, 9.17) is 24.0 Å². The molecule has 67 heavy (non-hydrogen) atoms. The molecule has 1 amide bonds. The topological polar surface area (TPSA) is 220 Å². The molecular weight excluding hydrogens is 861 g/mol. The molecule has 0 spiro atoms. The number of aliphatic hydroxyl groups is 2. The minimum Gasteiger partial charge on any atom is -0.507 e. The Morgan fingerprint density at radius 2 is 1.57 bits per heavy atom. The van der Waals surface area contributed by atoms with Gasteiger partial charge in [0.25, 0.3) is 11.7 Å². The minimum atomic E-state index is -2.07. The Balaban J connectivity index is 1.49. The van der Waals surface area contributed by atoms with Gasteiger partial charge in [-0.15, -0.1) is 0 Å². The number of hydrogen-bond donors (Lipinski definition) is 6. The Bertz CT molecular complexity index is 2460. The summed E-state index contributed by atoms with van der Waals surface area (Å²) in [6, 6.07) is 9.93. The van der Waals surface area contributed by atoms with Gasteiger partial charge >= 0.3 is 11.8 Å². The number of ether oxygens (including phenoxy) is 4. The number of rotatable bonds is 6. The van der Waals surface area contributed by atoms with Gasteiger partial charge < -0.3 is 49.8 Å². The zero-order chi connectivity index (χ0) is 49.2. The van der Waals surface area contributed by atoms with E-state index in [1.165, 1.54) is 65.0 Å². The van der Waals surface area contributed by atoms with Crippen LogP contribution in [0.15, 0.2) is 71.6 Å². The number of amides is 1. The first-order valence-electron chi connectivity index (χ1n) is 22.8. The van der Waals surface area contributed by atoms with Crippen LogP contribution < -0.4 is 10.1 Å². The Morgan fingerprint density at radius 1 is 0.910 bits per heavy atom. The van der Waals surface area contributed by atoms with Crippen LogP contribution in [0.3, 0.4) is 0 Å². The number of esters is 1. The zero-order valence-corrected chi connectivity index (χ0v) is 40.2. The first-order chi connectivity index (χ1) is 31.6. The number of aromatic hydroxyl groups is 3. The fraction of sp³-hybridized carbons (Fsp3) is 0.490. The van der Waals surface area contributed by atoms with Crippen molar-refractivity contribution in [3.05, 3.63) is 88.7 Å². The number of carbonyl (C=O) groups is 3. The molecule has 0 saturated carbocycles. The van der Waals surface area contributed by atoms with Crippen molar-refractivity contribution in [3.8, 4) is 23.0 Å². The summed E-state index contributed by atoms with van der Waals surface area (Å²) in [7, 11) is 1.44. The quantitative estimate of drug-likeness (QED) is 0.0658. The number of hydrogen-bond acceptors (Lipinski definition) is 15. The molecule has 1 fully saturated rings. The van der Waals surface area contributed by atoms with Gasteiger partial charge in [0.1, 0.15) is 23.4 Å². The molecule has 0 radical (unpaired) electrons. The van der Waals surface area contributed by atoms with Gasteiger partial charge in [-0.05, 0) is 39.3 Å². The number of ketones is 1. The third kappa shape index (κ3) is 10.2. The van der Waals surface area contributed by atoms with Crippen LogP contribution in [-0.2, 0) is 30.3 Å². The van der Waals surface area contributed by atoms with Gasteiger partial charge in [-0.2, -0.15) is 5.10 Å². The van der Waals surface area contributed by atoms with E-state index in [1.807, 2.05) is 37.1 Å². The molecule has 4 aliphatic heterocycles. The molecule has 2 unspecified atom stereocenters. The maximum absolute atomic E-state index is 14.6. The summed E-state index contributed by atoms with van der Waals surface area (Å²) in [4.78, 5) is 43.4. The lowest BCUT2D eigenvalue weighted by Gasteiger charge is -2.42. The highest BCUT2D eigenvalue weighted by atomic mass is 16.7. The van der Waals surface area contributed by atoms with Crippen molar-refractivity contribution in [2.45, 2.75) is 118 Å². The van der Waals surface area contributed by atoms with E-state index in [1.54, 1.807) is 39.8 Å². The second-order valence-electron chi connectivity index (χ2n) is 18.6.